The van der Waals surface area contributed by atoms with E-state index in [0.29, 0.717) is 17.7 Å². The van der Waals surface area contributed by atoms with Crippen LogP contribution in [0.4, 0.5) is 5.69 Å². The van der Waals surface area contributed by atoms with Crippen LogP contribution in [0.3, 0.4) is 0 Å². The van der Waals surface area contributed by atoms with Crippen LogP contribution in [0.5, 0.6) is 0 Å². The third kappa shape index (κ3) is 4.69. The van der Waals surface area contributed by atoms with Crippen LogP contribution < -0.4 is 5.32 Å². The summed E-state index contributed by atoms with van der Waals surface area (Å²) in [5.41, 5.74) is 2.76. The lowest BCUT2D eigenvalue weighted by Crippen LogP contribution is -2.22. The Morgan fingerprint density at radius 3 is 2.72 bits per heavy atom. The highest BCUT2D eigenvalue weighted by molar-refractivity contribution is 8.00. The maximum atomic E-state index is 12.7. The molecule has 8 nitrogen and oxygen atoms in total. The Hall–Kier alpha value is -3.46. The summed E-state index contributed by atoms with van der Waals surface area (Å²) in [6, 6.07) is 17.6. The fourth-order valence-corrected chi connectivity index (χ4v) is 3.40. The Bertz CT molecular complexity index is 1080. The van der Waals surface area contributed by atoms with E-state index >= 15 is 0 Å². The van der Waals surface area contributed by atoms with Crippen molar-refractivity contribution in [2.75, 3.05) is 5.32 Å². The van der Waals surface area contributed by atoms with Crippen LogP contribution >= 0.6 is 11.8 Å². The molecular formula is C20H18N6O2S. The third-order valence-electron chi connectivity index (χ3n) is 4.13. The van der Waals surface area contributed by atoms with Gasteiger partial charge in [0.2, 0.25) is 11.8 Å². The molecule has 2 heterocycles. The fraction of sp³-hybridized carbons (Fsp3) is 0.150. The van der Waals surface area contributed by atoms with Crippen molar-refractivity contribution in [3.05, 3.63) is 73.1 Å². The molecule has 2 aromatic carbocycles. The zero-order valence-electron chi connectivity index (χ0n) is 15.6. The molecule has 2 aromatic heterocycles. The van der Waals surface area contributed by atoms with E-state index in [9.17, 15) is 4.79 Å². The van der Waals surface area contributed by atoms with Crippen molar-refractivity contribution in [1.82, 2.24) is 25.0 Å². The first kappa shape index (κ1) is 18.9. The number of benzene rings is 2. The van der Waals surface area contributed by atoms with Crippen molar-refractivity contribution in [3.8, 4) is 11.1 Å². The van der Waals surface area contributed by atoms with Gasteiger partial charge in [-0.15, -0.1) is 10.2 Å². The molecule has 0 aliphatic carbocycles. The van der Waals surface area contributed by atoms with Gasteiger partial charge in [-0.1, -0.05) is 60.3 Å². The van der Waals surface area contributed by atoms with Gasteiger partial charge >= 0.3 is 0 Å². The van der Waals surface area contributed by atoms with Crippen LogP contribution in [0.25, 0.3) is 11.1 Å². The van der Waals surface area contributed by atoms with Crippen LogP contribution in [-0.4, -0.2) is 36.1 Å². The van der Waals surface area contributed by atoms with Crippen LogP contribution in [0, 0.1) is 0 Å². The molecule has 9 heteroatoms. The topological polar surface area (TPSA) is 98.7 Å². The maximum Gasteiger partial charge on any atom is 0.277 e. The summed E-state index contributed by atoms with van der Waals surface area (Å²) in [5, 5.41) is 14.9. The Balaban J connectivity index is 1.41. The molecule has 1 atom stereocenters. The van der Waals surface area contributed by atoms with E-state index < -0.39 is 5.25 Å². The van der Waals surface area contributed by atoms with E-state index in [4.69, 9.17) is 4.42 Å². The lowest BCUT2D eigenvalue weighted by molar-refractivity contribution is -0.115. The number of thioether (sulfide) groups is 1. The molecule has 1 amide bonds. The third-order valence-corrected chi connectivity index (χ3v) is 5.06. The summed E-state index contributed by atoms with van der Waals surface area (Å²) in [4.78, 5) is 16.6. The zero-order chi connectivity index (χ0) is 20.1. The van der Waals surface area contributed by atoms with E-state index in [0.717, 1.165) is 16.8 Å². The van der Waals surface area contributed by atoms with Crippen molar-refractivity contribution in [1.29, 1.82) is 0 Å². The van der Waals surface area contributed by atoms with E-state index in [-0.39, 0.29) is 5.91 Å². The van der Waals surface area contributed by atoms with E-state index in [2.05, 4.69) is 25.6 Å². The normalized spacial score (nSPS) is 11.9. The highest BCUT2D eigenvalue weighted by Gasteiger charge is 2.19. The molecule has 1 unspecified atom stereocenters. The first-order valence-corrected chi connectivity index (χ1v) is 9.84. The van der Waals surface area contributed by atoms with Crippen LogP contribution in [0.1, 0.15) is 12.8 Å². The minimum absolute atomic E-state index is 0.144. The molecule has 0 saturated heterocycles. The first-order valence-electron chi connectivity index (χ1n) is 8.96. The van der Waals surface area contributed by atoms with Crippen LogP contribution in [0.15, 0.2) is 76.9 Å². The first-order chi connectivity index (χ1) is 14.2. The second-order valence-electron chi connectivity index (χ2n) is 6.22. The molecule has 0 aliphatic rings. The Morgan fingerprint density at radius 1 is 1.14 bits per heavy atom. The van der Waals surface area contributed by atoms with Crippen LogP contribution in [0.2, 0.25) is 0 Å². The molecule has 4 aromatic rings. The Morgan fingerprint density at radius 2 is 1.93 bits per heavy atom. The molecule has 0 bridgehead atoms. The van der Waals surface area contributed by atoms with Crippen molar-refractivity contribution in [3.63, 3.8) is 0 Å². The number of nitrogens with zero attached hydrogens (tertiary/aromatic N) is 5. The Labute approximate surface area is 171 Å². The highest BCUT2D eigenvalue weighted by Crippen LogP contribution is 2.29. The number of hydrogen-bond acceptors (Lipinski definition) is 7. The number of carbonyl (C=O) groups is 1. The Kier molecular flexibility index (Phi) is 5.66. The molecule has 29 heavy (non-hydrogen) atoms. The molecule has 0 radical (unpaired) electrons. The second kappa shape index (κ2) is 8.70. The van der Waals surface area contributed by atoms with Gasteiger partial charge in [0.15, 0.2) is 0 Å². The van der Waals surface area contributed by atoms with Gasteiger partial charge < -0.3 is 9.73 Å². The number of carbonyl (C=O) groups excluding carboxylic acids is 1. The van der Waals surface area contributed by atoms with Crippen molar-refractivity contribution in [2.24, 2.45) is 0 Å². The van der Waals surface area contributed by atoms with Gasteiger partial charge in [0.05, 0.1) is 5.25 Å². The zero-order valence-corrected chi connectivity index (χ0v) is 16.4. The largest absolute Gasteiger partial charge is 0.414 e. The standard InChI is InChI=1S/C20H18N6O2S/c1-14(29-20-25-24-18(28-20)11-26-13-21-12-22-26)19(27)23-17-10-6-5-9-16(17)15-7-3-2-4-8-15/h2-10,12-14H,11H2,1H3,(H,23,27). The summed E-state index contributed by atoms with van der Waals surface area (Å²) in [6.07, 6.45) is 3.00. The van der Waals surface area contributed by atoms with E-state index in [1.807, 2.05) is 54.6 Å². The lowest BCUT2D eigenvalue weighted by Gasteiger charge is -2.14. The SMILES string of the molecule is CC(Sc1nnc(Cn2cncn2)o1)C(=O)Nc1ccccc1-c1ccccc1. The monoisotopic (exact) mass is 406 g/mol. The number of hydrogen-bond donors (Lipinski definition) is 1. The number of amides is 1. The van der Waals surface area contributed by atoms with E-state index in [1.54, 1.807) is 17.9 Å². The number of rotatable bonds is 7. The minimum atomic E-state index is -0.418. The van der Waals surface area contributed by atoms with E-state index in [1.165, 1.54) is 18.1 Å². The maximum absolute atomic E-state index is 12.7. The predicted octanol–water partition coefficient (Wildman–Crippen LogP) is 3.50. The van der Waals surface area contributed by atoms with Crippen molar-refractivity contribution < 1.29 is 9.21 Å². The van der Waals surface area contributed by atoms with Gasteiger partial charge in [0, 0.05) is 11.3 Å². The second-order valence-corrected chi connectivity index (χ2v) is 7.51. The van der Waals surface area contributed by atoms with Gasteiger partial charge in [-0.25, -0.2) is 9.67 Å². The quantitative estimate of drug-likeness (QED) is 0.469. The summed E-state index contributed by atoms with van der Waals surface area (Å²) < 4.78 is 7.18. The summed E-state index contributed by atoms with van der Waals surface area (Å²) in [5.74, 6) is 0.259. The lowest BCUT2D eigenvalue weighted by atomic mass is 10.0. The molecule has 0 fully saturated rings. The molecule has 0 aliphatic heterocycles. The smallest absolute Gasteiger partial charge is 0.277 e. The molecule has 1 N–H and O–H groups in total. The minimum Gasteiger partial charge on any atom is -0.414 e. The van der Waals surface area contributed by atoms with Gasteiger partial charge in [0.1, 0.15) is 19.2 Å². The van der Waals surface area contributed by atoms with Gasteiger partial charge in [-0.3, -0.25) is 4.79 Å². The average Bonchev–Trinajstić information content (AvgIpc) is 3.41. The summed E-state index contributed by atoms with van der Waals surface area (Å²) >= 11 is 1.21. The number of anilines is 1. The van der Waals surface area contributed by atoms with Gasteiger partial charge in [0.25, 0.3) is 5.22 Å². The van der Waals surface area contributed by atoms with Crippen molar-refractivity contribution in [2.45, 2.75) is 23.9 Å². The number of para-hydroxylation sites is 1. The number of aromatic nitrogens is 5. The number of nitrogens with one attached hydrogen (secondary N) is 1. The molecule has 4 rings (SSSR count). The molecular weight excluding hydrogens is 388 g/mol. The van der Waals surface area contributed by atoms with Gasteiger partial charge in [-0.2, -0.15) is 5.10 Å². The van der Waals surface area contributed by atoms with Crippen molar-refractivity contribution >= 4 is 23.4 Å². The predicted molar refractivity (Wildman–Crippen MR) is 109 cm³/mol. The highest BCUT2D eigenvalue weighted by atomic mass is 32.2. The van der Waals surface area contributed by atoms with Crippen LogP contribution in [-0.2, 0) is 11.3 Å². The van der Waals surface area contributed by atoms with Gasteiger partial charge in [-0.05, 0) is 18.6 Å². The molecule has 0 saturated carbocycles. The summed E-state index contributed by atoms with van der Waals surface area (Å²) in [7, 11) is 0. The molecule has 146 valence electrons. The fourth-order valence-electron chi connectivity index (χ4n) is 2.70. The molecule has 0 spiro atoms. The summed E-state index contributed by atoms with van der Waals surface area (Å²) in [6.45, 7) is 2.13. The average molecular weight is 406 g/mol.